The van der Waals surface area contributed by atoms with Gasteiger partial charge in [-0.15, -0.1) is 0 Å². The number of benzene rings is 1. The SMILES string of the molecule is COC1CCC2(CC1)Cc1ccc(C#CC3CC3)cc1C1C(=NS(=O)C(C)(C)C)C12. The van der Waals surface area contributed by atoms with Gasteiger partial charge in [0.2, 0.25) is 0 Å². The van der Waals surface area contributed by atoms with Crippen LogP contribution in [-0.2, 0) is 22.1 Å². The maximum atomic E-state index is 12.9. The number of fused-ring (bicyclic) bond motifs is 4. The van der Waals surface area contributed by atoms with Crippen LogP contribution in [0.15, 0.2) is 22.6 Å². The summed E-state index contributed by atoms with van der Waals surface area (Å²) in [4.78, 5) is 0. The largest absolute Gasteiger partial charge is 0.381 e. The van der Waals surface area contributed by atoms with Gasteiger partial charge in [-0.1, -0.05) is 17.9 Å². The van der Waals surface area contributed by atoms with Gasteiger partial charge in [0, 0.05) is 36.1 Å². The Labute approximate surface area is 183 Å². The minimum Gasteiger partial charge on any atom is -0.381 e. The van der Waals surface area contributed by atoms with Crippen molar-refractivity contribution in [3.63, 3.8) is 0 Å². The molecule has 0 aliphatic heterocycles. The standard InChI is InChI=1S/C26H33NO2S/c1-25(2,3)30(28)27-24-22-21-15-18(8-7-17-5-6-17)9-10-19(21)16-26(23(22)24)13-11-20(29-4)12-14-26/h9-10,15,17,20,22-23H,5-6,11-14,16H2,1-4H3. The lowest BCUT2D eigenvalue weighted by Crippen LogP contribution is -2.37. The number of methoxy groups -OCH3 is 1. The predicted octanol–water partition coefficient (Wildman–Crippen LogP) is 5.20. The van der Waals surface area contributed by atoms with Gasteiger partial charge in [0.05, 0.1) is 10.9 Å². The number of nitrogens with zero attached hydrogens (tertiary/aromatic N) is 1. The molecular weight excluding hydrogens is 390 g/mol. The molecule has 30 heavy (non-hydrogen) atoms. The Morgan fingerprint density at radius 1 is 1.17 bits per heavy atom. The van der Waals surface area contributed by atoms with Gasteiger partial charge in [-0.05, 0) is 94.4 Å². The van der Waals surface area contributed by atoms with E-state index in [1.807, 2.05) is 27.9 Å². The van der Waals surface area contributed by atoms with Gasteiger partial charge in [0.1, 0.15) is 11.0 Å². The summed E-state index contributed by atoms with van der Waals surface area (Å²) in [5.41, 5.74) is 5.42. The normalized spacial score (nSPS) is 34.7. The van der Waals surface area contributed by atoms with Crippen molar-refractivity contribution in [2.75, 3.05) is 7.11 Å². The maximum Gasteiger partial charge on any atom is 0.144 e. The van der Waals surface area contributed by atoms with E-state index in [-0.39, 0.29) is 10.2 Å². The lowest BCUT2D eigenvalue weighted by molar-refractivity contribution is 0.0176. The van der Waals surface area contributed by atoms with Crippen LogP contribution in [0.4, 0.5) is 0 Å². The zero-order valence-electron chi connectivity index (χ0n) is 18.7. The number of hydrogen-bond donors (Lipinski definition) is 0. The number of ether oxygens (including phenoxy) is 1. The molecule has 5 rings (SSSR count). The summed E-state index contributed by atoms with van der Waals surface area (Å²) in [6, 6.07) is 6.82. The van der Waals surface area contributed by atoms with Crippen LogP contribution in [-0.4, -0.2) is 27.9 Å². The van der Waals surface area contributed by atoms with Crippen molar-refractivity contribution in [3.05, 3.63) is 34.9 Å². The van der Waals surface area contributed by atoms with Gasteiger partial charge >= 0.3 is 0 Å². The van der Waals surface area contributed by atoms with Gasteiger partial charge in [-0.25, -0.2) is 4.21 Å². The summed E-state index contributed by atoms with van der Waals surface area (Å²) in [7, 11) is 0.636. The highest BCUT2D eigenvalue weighted by atomic mass is 32.2. The highest BCUT2D eigenvalue weighted by Gasteiger charge is 2.63. The Kier molecular flexibility index (Phi) is 4.99. The average molecular weight is 424 g/mol. The van der Waals surface area contributed by atoms with Crippen LogP contribution in [0.25, 0.3) is 0 Å². The molecular formula is C26H33NO2S. The molecule has 3 unspecified atom stereocenters. The molecule has 4 heteroatoms. The van der Waals surface area contributed by atoms with E-state index in [4.69, 9.17) is 9.13 Å². The summed E-state index contributed by atoms with van der Waals surface area (Å²) in [5, 5.41) is 0. The molecule has 0 heterocycles. The molecule has 4 aliphatic rings. The first kappa shape index (κ1) is 20.5. The van der Waals surface area contributed by atoms with E-state index in [2.05, 4.69) is 30.0 Å². The van der Waals surface area contributed by atoms with Crippen molar-refractivity contribution in [1.82, 2.24) is 0 Å². The van der Waals surface area contributed by atoms with Gasteiger partial charge in [0.25, 0.3) is 0 Å². The summed E-state index contributed by atoms with van der Waals surface area (Å²) >= 11 is 0. The smallest absolute Gasteiger partial charge is 0.144 e. The molecule has 1 aromatic rings. The number of hydrogen-bond acceptors (Lipinski definition) is 2. The fourth-order valence-electron chi connectivity index (χ4n) is 5.52. The second-order valence-electron chi connectivity index (χ2n) is 10.8. The van der Waals surface area contributed by atoms with E-state index >= 15 is 0 Å². The molecule has 3 nitrogen and oxygen atoms in total. The third kappa shape index (κ3) is 3.69. The molecule has 1 aromatic carbocycles. The van der Waals surface area contributed by atoms with Gasteiger partial charge in [-0.3, -0.25) is 0 Å². The molecule has 3 fully saturated rings. The highest BCUT2D eigenvalue weighted by molar-refractivity contribution is 7.85. The fourth-order valence-corrected chi connectivity index (χ4v) is 6.21. The van der Waals surface area contributed by atoms with Gasteiger partial charge in [-0.2, -0.15) is 4.40 Å². The lowest BCUT2D eigenvalue weighted by Gasteiger charge is -2.43. The van der Waals surface area contributed by atoms with Crippen LogP contribution < -0.4 is 0 Å². The van der Waals surface area contributed by atoms with E-state index in [9.17, 15) is 4.21 Å². The Hall–Kier alpha value is -1.44. The zero-order valence-corrected chi connectivity index (χ0v) is 19.5. The van der Waals surface area contributed by atoms with Crippen molar-refractivity contribution in [2.24, 2.45) is 21.6 Å². The van der Waals surface area contributed by atoms with Crippen LogP contribution in [0.1, 0.15) is 81.9 Å². The first-order chi connectivity index (χ1) is 14.3. The molecule has 4 aliphatic carbocycles. The summed E-state index contributed by atoms with van der Waals surface area (Å²) < 4.78 is 23.0. The first-order valence-electron chi connectivity index (χ1n) is 11.5. The van der Waals surface area contributed by atoms with E-state index in [0.29, 0.717) is 23.9 Å². The monoisotopic (exact) mass is 423 g/mol. The van der Waals surface area contributed by atoms with E-state index in [1.165, 1.54) is 42.5 Å². The molecule has 0 aromatic heterocycles. The second kappa shape index (κ2) is 7.31. The van der Waals surface area contributed by atoms with Crippen LogP contribution in [0.3, 0.4) is 0 Å². The molecule has 0 amide bonds. The third-order valence-corrected chi connectivity index (χ3v) is 8.94. The predicted molar refractivity (Wildman–Crippen MR) is 123 cm³/mol. The number of rotatable bonds is 2. The Morgan fingerprint density at radius 3 is 2.53 bits per heavy atom. The van der Waals surface area contributed by atoms with Crippen molar-refractivity contribution in [3.8, 4) is 11.8 Å². The van der Waals surface area contributed by atoms with E-state index < -0.39 is 11.0 Å². The summed E-state index contributed by atoms with van der Waals surface area (Å²) in [5.74, 6) is 8.18. The first-order valence-corrected chi connectivity index (χ1v) is 12.6. The van der Waals surface area contributed by atoms with Gasteiger partial charge < -0.3 is 4.74 Å². The third-order valence-electron chi connectivity index (χ3n) is 7.52. The van der Waals surface area contributed by atoms with E-state index in [0.717, 1.165) is 24.8 Å². The molecule has 0 saturated heterocycles. The molecule has 0 radical (unpaired) electrons. The Bertz CT molecular complexity index is 965. The van der Waals surface area contributed by atoms with Crippen molar-refractivity contribution < 1.29 is 8.95 Å². The topological polar surface area (TPSA) is 38.7 Å². The average Bonchev–Trinajstić information content (AvgIpc) is 3.63. The quantitative estimate of drug-likeness (QED) is 0.614. The van der Waals surface area contributed by atoms with Crippen LogP contribution in [0.5, 0.6) is 0 Å². The van der Waals surface area contributed by atoms with E-state index in [1.54, 1.807) is 0 Å². The maximum absolute atomic E-state index is 12.9. The van der Waals surface area contributed by atoms with Gasteiger partial charge in [0.15, 0.2) is 0 Å². The fraction of sp³-hybridized carbons (Fsp3) is 0.654. The van der Waals surface area contributed by atoms with Crippen molar-refractivity contribution in [2.45, 2.75) is 82.5 Å². The molecule has 1 spiro atoms. The Morgan fingerprint density at radius 2 is 1.90 bits per heavy atom. The van der Waals surface area contributed by atoms with Crippen LogP contribution in [0, 0.1) is 29.1 Å². The molecule has 3 atom stereocenters. The van der Waals surface area contributed by atoms with Crippen molar-refractivity contribution >= 4 is 16.7 Å². The summed E-state index contributed by atoms with van der Waals surface area (Å²) in [6.45, 7) is 6.04. The van der Waals surface area contributed by atoms with Crippen LogP contribution in [0.2, 0.25) is 0 Å². The zero-order chi connectivity index (χ0) is 21.1. The molecule has 3 saturated carbocycles. The highest BCUT2D eigenvalue weighted by Crippen LogP contribution is 2.65. The summed E-state index contributed by atoms with van der Waals surface area (Å²) in [6.07, 6.45) is 8.60. The minimum absolute atomic E-state index is 0.259. The lowest BCUT2D eigenvalue weighted by atomic mass is 9.63. The second-order valence-corrected chi connectivity index (χ2v) is 12.7. The minimum atomic E-state index is -1.20. The van der Waals surface area contributed by atoms with Crippen LogP contribution >= 0.6 is 0 Å². The van der Waals surface area contributed by atoms with Crippen molar-refractivity contribution in [1.29, 1.82) is 0 Å². The molecule has 160 valence electrons. The molecule has 0 bridgehead atoms. The Balaban J connectivity index is 1.51. The molecule has 0 N–H and O–H groups in total.